The number of hydrogen-bond acceptors (Lipinski definition) is 4. The summed E-state index contributed by atoms with van der Waals surface area (Å²) in [5, 5.41) is 15.2. The number of alkyl carbamates (subject to hydrolysis) is 1. The Balaban J connectivity index is 1.38. The number of fused-ring (bicyclic) bond motifs is 3. The zero-order valence-corrected chi connectivity index (χ0v) is 19.7. The lowest BCUT2D eigenvalue weighted by Gasteiger charge is -2.38. The lowest BCUT2D eigenvalue weighted by molar-refractivity contribution is -0.152. The van der Waals surface area contributed by atoms with Gasteiger partial charge in [0.2, 0.25) is 5.91 Å². The standard InChI is InChI=1S/C27H32N2O5/c1-3-22(24(30)29-23-14-8-9-15-27(23,2)25(31)32)28-26(33)34-16-21-19-12-6-4-10-17(19)18-11-5-7-13-20(18)21/h4-7,10-13,21-23H,3,8-9,14-16H2,1-2H3,(H,28,33)(H,29,30)(H,31,32)/t22-,23?,27?/m1/s1. The van der Waals surface area contributed by atoms with E-state index in [0.717, 1.165) is 35.1 Å². The first-order valence-corrected chi connectivity index (χ1v) is 12.0. The molecule has 0 heterocycles. The predicted octanol–water partition coefficient (Wildman–Crippen LogP) is 4.45. The van der Waals surface area contributed by atoms with Gasteiger partial charge in [-0.25, -0.2) is 4.79 Å². The number of ether oxygens (including phenoxy) is 1. The fourth-order valence-corrected chi connectivity index (χ4v) is 5.23. The summed E-state index contributed by atoms with van der Waals surface area (Å²) in [7, 11) is 0. The van der Waals surface area contributed by atoms with Crippen molar-refractivity contribution < 1.29 is 24.2 Å². The van der Waals surface area contributed by atoms with Crippen LogP contribution in [0.1, 0.15) is 63.0 Å². The van der Waals surface area contributed by atoms with Gasteiger partial charge in [0.1, 0.15) is 12.6 Å². The Morgan fingerprint density at radius 3 is 2.26 bits per heavy atom. The predicted molar refractivity (Wildman–Crippen MR) is 128 cm³/mol. The van der Waals surface area contributed by atoms with Gasteiger partial charge in [0.25, 0.3) is 0 Å². The van der Waals surface area contributed by atoms with Crippen molar-refractivity contribution in [2.45, 2.75) is 64.0 Å². The summed E-state index contributed by atoms with van der Waals surface area (Å²) in [4.78, 5) is 37.4. The van der Waals surface area contributed by atoms with E-state index < -0.39 is 29.6 Å². The Morgan fingerprint density at radius 2 is 1.68 bits per heavy atom. The Kier molecular flexibility index (Phi) is 6.91. The topological polar surface area (TPSA) is 105 Å². The molecule has 0 radical (unpaired) electrons. The van der Waals surface area contributed by atoms with E-state index in [0.29, 0.717) is 19.3 Å². The van der Waals surface area contributed by atoms with Crippen LogP contribution in [0.3, 0.4) is 0 Å². The molecule has 0 bridgehead atoms. The molecule has 2 aliphatic rings. The summed E-state index contributed by atoms with van der Waals surface area (Å²) in [6, 6.07) is 14.9. The van der Waals surface area contributed by atoms with E-state index in [1.54, 1.807) is 13.8 Å². The van der Waals surface area contributed by atoms with Crippen molar-refractivity contribution in [1.29, 1.82) is 0 Å². The molecule has 3 atom stereocenters. The molecule has 0 aromatic heterocycles. The Bertz CT molecular complexity index is 1040. The summed E-state index contributed by atoms with van der Waals surface area (Å²) in [6.45, 7) is 3.64. The van der Waals surface area contributed by atoms with Gasteiger partial charge in [-0.05, 0) is 48.4 Å². The first kappa shape index (κ1) is 23.8. The minimum absolute atomic E-state index is 0.0643. The van der Waals surface area contributed by atoms with Crippen molar-refractivity contribution in [1.82, 2.24) is 10.6 Å². The third-order valence-corrected chi connectivity index (χ3v) is 7.37. The van der Waals surface area contributed by atoms with E-state index in [1.807, 2.05) is 36.4 Å². The molecule has 1 fully saturated rings. The second kappa shape index (κ2) is 9.87. The quantitative estimate of drug-likeness (QED) is 0.561. The fraction of sp³-hybridized carbons (Fsp3) is 0.444. The van der Waals surface area contributed by atoms with Gasteiger partial charge in [0.15, 0.2) is 0 Å². The number of carboxylic acid groups (broad SMARTS) is 1. The molecule has 7 heteroatoms. The van der Waals surface area contributed by atoms with Gasteiger partial charge in [-0.1, -0.05) is 68.3 Å². The van der Waals surface area contributed by atoms with Crippen LogP contribution in [0.2, 0.25) is 0 Å². The molecular formula is C27H32N2O5. The highest BCUT2D eigenvalue weighted by molar-refractivity contribution is 5.87. The van der Waals surface area contributed by atoms with Gasteiger partial charge in [-0.3, -0.25) is 9.59 Å². The largest absolute Gasteiger partial charge is 0.481 e. The average molecular weight is 465 g/mol. The molecule has 2 aromatic carbocycles. The molecule has 4 rings (SSSR count). The SMILES string of the molecule is CC[C@@H](NC(=O)OCC1c2ccccc2-c2ccccc21)C(=O)NC1CCCCC1(C)C(=O)O. The number of amides is 2. The van der Waals surface area contributed by atoms with Crippen molar-refractivity contribution in [3.8, 4) is 11.1 Å². The fourth-order valence-electron chi connectivity index (χ4n) is 5.23. The molecule has 0 spiro atoms. The number of benzene rings is 2. The minimum atomic E-state index is -1.00. The molecule has 3 N–H and O–H groups in total. The van der Waals surface area contributed by atoms with Crippen LogP contribution in [-0.4, -0.2) is 41.8 Å². The first-order chi connectivity index (χ1) is 16.3. The van der Waals surface area contributed by atoms with Crippen molar-refractivity contribution in [2.24, 2.45) is 5.41 Å². The highest BCUT2D eigenvalue weighted by Gasteiger charge is 2.44. The van der Waals surface area contributed by atoms with E-state index in [9.17, 15) is 19.5 Å². The molecule has 2 unspecified atom stereocenters. The van der Waals surface area contributed by atoms with E-state index in [2.05, 4.69) is 22.8 Å². The number of rotatable bonds is 7. The Morgan fingerprint density at radius 1 is 1.06 bits per heavy atom. The summed E-state index contributed by atoms with van der Waals surface area (Å²) in [5.41, 5.74) is 3.52. The number of carboxylic acids is 1. The highest BCUT2D eigenvalue weighted by atomic mass is 16.5. The summed E-state index contributed by atoms with van der Waals surface area (Å²) in [5.74, 6) is -1.35. The number of carbonyl (C=O) groups is 3. The van der Waals surface area contributed by atoms with Crippen molar-refractivity contribution in [3.63, 3.8) is 0 Å². The molecule has 0 aliphatic heterocycles. The number of carbonyl (C=O) groups excluding carboxylic acids is 2. The average Bonchev–Trinajstić information content (AvgIpc) is 3.16. The maximum absolute atomic E-state index is 12.9. The molecule has 34 heavy (non-hydrogen) atoms. The molecule has 7 nitrogen and oxygen atoms in total. The van der Waals surface area contributed by atoms with Crippen LogP contribution in [-0.2, 0) is 14.3 Å². The Labute approximate surface area is 199 Å². The minimum Gasteiger partial charge on any atom is -0.481 e. The Hall–Kier alpha value is -3.35. The van der Waals surface area contributed by atoms with Gasteiger partial charge in [0.05, 0.1) is 5.41 Å². The summed E-state index contributed by atoms with van der Waals surface area (Å²) < 4.78 is 5.57. The molecule has 1 saturated carbocycles. The van der Waals surface area contributed by atoms with E-state index in [1.165, 1.54) is 0 Å². The van der Waals surface area contributed by atoms with Gasteiger partial charge in [-0.2, -0.15) is 0 Å². The maximum Gasteiger partial charge on any atom is 0.407 e. The van der Waals surface area contributed by atoms with Gasteiger partial charge < -0.3 is 20.5 Å². The molecule has 2 aromatic rings. The third-order valence-electron chi connectivity index (χ3n) is 7.37. The zero-order valence-electron chi connectivity index (χ0n) is 19.7. The molecule has 180 valence electrons. The monoisotopic (exact) mass is 464 g/mol. The van der Waals surface area contributed by atoms with Crippen LogP contribution < -0.4 is 10.6 Å². The van der Waals surface area contributed by atoms with Crippen LogP contribution in [0.25, 0.3) is 11.1 Å². The van der Waals surface area contributed by atoms with Crippen molar-refractivity contribution >= 4 is 18.0 Å². The van der Waals surface area contributed by atoms with E-state index in [4.69, 9.17) is 4.74 Å². The molecule has 2 aliphatic carbocycles. The molecular weight excluding hydrogens is 432 g/mol. The van der Waals surface area contributed by atoms with Crippen LogP contribution >= 0.6 is 0 Å². The van der Waals surface area contributed by atoms with Crippen molar-refractivity contribution in [3.05, 3.63) is 59.7 Å². The van der Waals surface area contributed by atoms with Crippen LogP contribution in [0.4, 0.5) is 4.79 Å². The summed E-state index contributed by atoms with van der Waals surface area (Å²) >= 11 is 0. The van der Waals surface area contributed by atoms with Crippen LogP contribution in [0.15, 0.2) is 48.5 Å². The number of aliphatic carboxylic acids is 1. The van der Waals surface area contributed by atoms with Gasteiger partial charge in [-0.15, -0.1) is 0 Å². The van der Waals surface area contributed by atoms with Crippen molar-refractivity contribution in [2.75, 3.05) is 6.61 Å². The highest BCUT2D eigenvalue weighted by Crippen LogP contribution is 2.44. The van der Waals surface area contributed by atoms with Gasteiger partial charge >= 0.3 is 12.1 Å². The lowest BCUT2D eigenvalue weighted by Crippen LogP contribution is -2.56. The lowest BCUT2D eigenvalue weighted by atomic mass is 9.71. The molecule has 2 amide bonds. The van der Waals surface area contributed by atoms with E-state index in [-0.39, 0.29) is 18.4 Å². The van der Waals surface area contributed by atoms with E-state index >= 15 is 0 Å². The van der Waals surface area contributed by atoms with Gasteiger partial charge in [0, 0.05) is 12.0 Å². The zero-order chi connectivity index (χ0) is 24.3. The number of hydrogen-bond donors (Lipinski definition) is 3. The second-order valence-corrected chi connectivity index (χ2v) is 9.46. The number of nitrogens with one attached hydrogen (secondary N) is 2. The smallest absolute Gasteiger partial charge is 0.407 e. The summed E-state index contributed by atoms with van der Waals surface area (Å²) in [6.07, 6.45) is 2.52. The third kappa shape index (κ3) is 4.52. The van der Waals surface area contributed by atoms with Crippen LogP contribution in [0, 0.1) is 5.41 Å². The maximum atomic E-state index is 12.9. The second-order valence-electron chi connectivity index (χ2n) is 9.46. The normalized spacial score (nSPS) is 22.2. The van der Waals surface area contributed by atoms with Crippen LogP contribution in [0.5, 0.6) is 0 Å². The first-order valence-electron chi connectivity index (χ1n) is 12.0. The molecule has 0 saturated heterocycles.